The molecule has 1 aliphatic heterocycles. The summed E-state index contributed by atoms with van der Waals surface area (Å²) in [6.45, 7) is 0. The van der Waals surface area contributed by atoms with E-state index >= 15 is 0 Å². The van der Waals surface area contributed by atoms with Crippen molar-refractivity contribution >= 4 is 23.8 Å². The lowest BCUT2D eigenvalue weighted by Crippen LogP contribution is -1.95. The Morgan fingerprint density at radius 2 is 2.07 bits per heavy atom. The van der Waals surface area contributed by atoms with Crippen LogP contribution in [0.2, 0.25) is 0 Å². The number of carboxylic acids is 1. The van der Waals surface area contributed by atoms with Gasteiger partial charge in [-0.1, -0.05) is 42.1 Å². The molecule has 3 heteroatoms. The zero-order valence-corrected chi connectivity index (χ0v) is 8.12. The number of fused-ring (bicyclic) bond motifs is 1. The van der Waals surface area contributed by atoms with Crippen LogP contribution in [0.3, 0.4) is 0 Å². The van der Waals surface area contributed by atoms with Crippen molar-refractivity contribution in [2.45, 2.75) is 4.90 Å². The monoisotopic (exact) mass is 204 g/mol. The maximum atomic E-state index is 10.8. The first kappa shape index (κ1) is 9.09. The van der Waals surface area contributed by atoms with Gasteiger partial charge in [-0.2, -0.15) is 0 Å². The zero-order chi connectivity index (χ0) is 9.97. The second kappa shape index (κ2) is 3.72. The van der Waals surface area contributed by atoms with Crippen LogP contribution < -0.4 is 0 Å². The Kier molecular flexibility index (Phi) is 2.41. The number of allylic oxidation sites excluding steroid dienone is 2. The first-order chi connectivity index (χ1) is 6.77. The van der Waals surface area contributed by atoms with Crippen LogP contribution in [0.4, 0.5) is 0 Å². The summed E-state index contributed by atoms with van der Waals surface area (Å²) in [7, 11) is 0. The first-order valence-electron chi connectivity index (χ1n) is 4.16. The third-order valence-electron chi connectivity index (χ3n) is 1.87. The minimum Gasteiger partial charge on any atom is -0.477 e. The molecule has 0 aliphatic carbocycles. The molecule has 0 saturated heterocycles. The highest BCUT2D eigenvalue weighted by molar-refractivity contribution is 8.04. The van der Waals surface area contributed by atoms with Crippen LogP contribution in [-0.2, 0) is 4.79 Å². The summed E-state index contributed by atoms with van der Waals surface area (Å²) in [6.07, 6.45) is 5.30. The van der Waals surface area contributed by atoms with Crippen molar-refractivity contribution in [1.29, 1.82) is 0 Å². The molecule has 1 aromatic rings. The lowest BCUT2D eigenvalue weighted by Gasteiger charge is -2.02. The molecule has 2 rings (SSSR count). The molecule has 1 aliphatic rings. The van der Waals surface area contributed by atoms with Crippen molar-refractivity contribution in [3.63, 3.8) is 0 Å². The number of hydrogen-bond donors (Lipinski definition) is 1. The van der Waals surface area contributed by atoms with Gasteiger partial charge in [-0.15, -0.1) is 0 Å². The van der Waals surface area contributed by atoms with Crippen molar-refractivity contribution in [1.82, 2.24) is 0 Å². The Balaban J connectivity index is 2.42. The fraction of sp³-hybridized carbons (Fsp3) is 0. The minimum absolute atomic E-state index is 0.353. The van der Waals surface area contributed by atoms with E-state index in [0.717, 1.165) is 10.5 Å². The molecule has 0 unspecified atom stereocenters. The van der Waals surface area contributed by atoms with Gasteiger partial charge < -0.3 is 5.11 Å². The van der Waals surface area contributed by atoms with Gasteiger partial charge in [0.05, 0.1) is 4.91 Å². The fourth-order valence-corrected chi connectivity index (χ4v) is 2.09. The summed E-state index contributed by atoms with van der Waals surface area (Å²) in [4.78, 5) is 12.1. The van der Waals surface area contributed by atoms with E-state index in [1.807, 2.05) is 30.3 Å². The number of thioether (sulfide) groups is 1. The molecule has 1 N–H and O–H groups in total. The van der Waals surface area contributed by atoms with Gasteiger partial charge in [-0.25, -0.2) is 4.79 Å². The molecule has 0 amide bonds. The van der Waals surface area contributed by atoms with Gasteiger partial charge in [-0.05, 0) is 17.7 Å². The van der Waals surface area contributed by atoms with Crippen molar-refractivity contribution in [2.24, 2.45) is 0 Å². The summed E-state index contributed by atoms with van der Waals surface area (Å²) < 4.78 is 0. The SMILES string of the molecule is O=C(O)C1=CC=Cc2ccccc2S1. The number of aliphatic carboxylic acids is 1. The topological polar surface area (TPSA) is 37.3 Å². The van der Waals surface area contributed by atoms with Crippen molar-refractivity contribution < 1.29 is 9.90 Å². The molecule has 70 valence electrons. The summed E-state index contributed by atoms with van der Waals surface area (Å²) in [5, 5.41) is 8.87. The summed E-state index contributed by atoms with van der Waals surface area (Å²) >= 11 is 1.28. The predicted molar refractivity (Wildman–Crippen MR) is 57.1 cm³/mol. The summed E-state index contributed by atoms with van der Waals surface area (Å²) in [5.74, 6) is -0.878. The summed E-state index contributed by atoms with van der Waals surface area (Å²) in [6, 6.07) is 7.74. The van der Waals surface area contributed by atoms with E-state index in [9.17, 15) is 4.79 Å². The predicted octanol–water partition coefficient (Wildman–Crippen LogP) is 2.77. The number of rotatable bonds is 1. The van der Waals surface area contributed by atoms with E-state index in [0.29, 0.717) is 4.91 Å². The normalized spacial score (nSPS) is 14.1. The molecule has 14 heavy (non-hydrogen) atoms. The van der Waals surface area contributed by atoms with Gasteiger partial charge in [-0.3, -0.25) is 0 Å². The Morgan fingerprint density at radius 1 is 1.29 bits per heavy atom. The van der Waals surface area contributed by atoms with Gasteiger partial charge in [0.15, 0.2) is 0 Å². The molecular weight excluding hydrogens is 196 g/mol. The molecule has 0 atom stereocenters. The Hall–Kier alpha value is -1.48. The fourth-order valence-electron chi connectivity index (χ4n) is 1.22. The third kappa shape index (κ3) is 1.72. The third-order valence-corrected chi connectivity index (χ3v) is 3.00. The molecule has 0 aromatic heterocycles. The lowest BCUT2D eigenvalue weighted by molar-refractivity contribution is -0.131. The van der Waals surface area contributed by atoms with Crippen LogP contribution in [0, 0.1) is 0 Å². The highest BCUT2D eigenvalue weighted by Gasteiger charge is 2.12. The maximum absolute atomic E-state index is 10.8. The quantitative estimate of drug-likeness (QED) is 0.764. The van der Waals surface area contributed by atoms with E-state index in [1.54, 1.807) is 12.2 Å². The molecule has 0 fully saturated rings. The van der Waals surface area contributed by atoms with E-state index in [1.165, 1.54) is 11.8 Å². The Morgan fingerprint density at radius 3 is 2.86 bits per heavy atom. The van der Waals surface area contributed by atoms with Crippen molar-refractivity contribution in [3.8, 4) is 0 Å². The highest BCUT2D eigenvalue weighted by Crippen LogP contribution is 2.32. The zero-order valence-electron chi connectivity index (χ0n) is 7.31. The number of hydrogen-bond acceptors (Lipinski definition) is 2. The smallest absolute Gasteiger partial charge is 0.342 e. The second-order valence-electron chi connectivity index (χ2n) is 2.84. The molecule has 0 spiro atoms. The minimum atomic E-state index is -0.878. The number of carbonyl (C=O) groups is 1. The van der Waals surface area contributed by atoms with E-state index < -0.39 is 5.97 Å². The molecule has 0 bridgehead atoms. The van der Waals surface area contributed by atoms with Gasteiger partial charge >= 0.3 is 5.97 Å². The van der Waals surface area contributed by atoms with Crippen LogP contribution >= 0.6 is 11.8 Å². The molecule has 0 radical (unpaired) electrons. The second-order valence-corrected chi connectivity index (χ2v) is 3.92. The van der Waals surface area contributed by atoms with Gasteiger partial charge in [0.25, 0.3) is 0 Å². The van der Waals surface area contributed by atoms with E-state index in [4.69, 9.17) is 5.11 Å². The lowest BCUT2D eigenvalue weighted by atomic mass is 10.2. The molecule has 0 saturated carbocycles. The molecule has 1 aromatic carbocycles. The Bertz CT molecular complexity index is 433. The number of carboxylic acid groups (broad SMARTS) is 1. The van der Waals surface area contributed by atoms with Gasteiger partial charge in [0, 0.05) is 4.90 Å². The average molecular weight is 204 g/mol. The van der Waals surface area contributed by atoms with E-state index in [-0.39, 0.29) is 0 Å². The van der Waals surface area contributed by atoms with Crippen LogP contribution in [0.5, 0.6) is 0 Å². The van der Waals surface area contributed by atoms with Crippen LogP contribution in [0.25, 0.3) is 6.08 Å². The highest BCUT2D eigenvalue weighted by atomic mass is 32.2. The van der Waals surface area contributed by atoms with Crippen LogP contribution in [-0.4, -0.2) is 11.1 Å². The number of benzene rings is 1. The van der Waals surface area contributed by atoms with E-state index in [2.05, 4.69) is 0 Å². The van der Waals surface area contributed by atoms with Crippen LogP contribution in [0.1, 0.15) is 5.56 Å². The largest absolute Gasteiger partial charge is 0.477 e. The van der Waals surface area contributed by atoms with Gasteiger partial charge in [0.2, 0.25) is 0 Å². The molecular formula is C11H8O2S. The maximum Gasteiger partial charge on any atom is 0.342 e. The standard InChI is InChI=1S/C11H8O2S/c12-11(13)10-7-3-5-8-4-1-2-6-9(8)14-10/h1-7H,(H,12,13). The van der Waals surface area contributed by atoms with Crippen molar-refractivity contribution in [2.75, 3.05) is 0 Å². The van der Waals surface area contributed by atoms with Gasteiger partial charge in [0.1, 0.15) is 0 Å². The van der Waals surface area contributed by atoms with Crippen molar-refractivity contribution in [3.05, 3.63) is 46.9 Å². The summed E-state index contributed by atoms with van der Waals surface area (Å²) in [5.41, 5.74) is 1.06. The Labute approximate surface area is 85.9 Å². The van der Waals surface area contributed by atoms with Crippen LogP contribution in [0.15, 0.2) is 46.2 Å². The molecule has 1 heterocycles. The average Bonchev–Trinajstić information content (AvgIpc) is 2.39. The first-order valence-corrected chi connectivity index (χ1v) is 4.97. The molecule has 2 nitrogen and oxygen atoms in total.